The molecule has 1 unspecified atom stereocenters. The molecule has 0 aromatic heterocycles. The molecule has 5 nitrogen and oxygen atoms in total. The molecule has 0 spiro atoms. The third-order valence-electron chi connectivity index (χ3n) is 6.36. The van der Waals surface area contributed by atoms with Crippen LogP contribution in [0.5, 0.6) is 0 Å². The van der Waals surface area contributed by atoms with E-state index in [0.29, 0.717) is 19.5 Å². The Balaban J connectivity index is 1.36. The van der Waals surface area contributed by atoms with Gasteiger partial charge in [0.2, 0.25) is 11.8 Å². The molecular weight excluding hydrogens is 412 g/mol. The summed E-state index contributed by atoms with van der Waals surface area (Å²) in [6.45, 7) is 2.65. The molecule has 0 aliphatic carbocycles. The van der Waals surface area contributed by atoms with Gasteiger partial charge in [-0.05, 0) is 48.9 Å². The number of nitrogens with one attached hydrogen (secondary N) is 1. The first kappa shape index (κ1) is 22.4. The third-order valence-corrected chi connectivity index (χ3v) is 6.36. The van der Waals surface area contributed by atoms with Crippen molar-refractivity contribution in [3.05, 3.63) is 71.3 Å². The quantitative estimate of drug-likeness (QED) is 0.742. The molecule has 2 aromatic rings. The van der Waals surface area contributed by atoms with Gasteiger partial charge in [0.1, 0.15) is 6.04 Å². The molecule has 7 heteroatoms. The fourth-order valence-electron chi connectivity index (χ4n) is 4.62. The lowest BCUT2D eigenvalue weighted by atomic mass is 9.98. The van der Waals surface area contributed by atoms with Crippen LogP contribution in [0.25, 0.3) is 0 Å². The molecule has 2 aromatic carbocycles. The summed E-state index contributed by atoms with van der Waals surface area (Å²) in [6.07, 6.45) is 3.80. The highest BCUT2D eigenvalue weighted by Crippen LogP contribution is 2.26. The van der Waals surface area contributed by atoms with E-state index in [1.807, 2.05) is 30.3 Å². The molecule has 2 aliphatic rings. The van der Waals surface area contributed by atoms with Crippen LogP contribution in [0.3, 0.4) is 0 Å². The lowest BCUT2D eigenvalue weighted by Crippen LogP contribution is -2.50. The Morgan fingerprint density at radius 3 is 2.44 bits per heavy atom. The van der Waals surface area contributed by atoms with E-state index >= 15 is 0 Å². The minimum absolute atomic E-state index is 0.0230. The molecule has 2 fully saturated rings. The Morgan fingerprint density at radius 1 is 1.00 bits per heavy atom. The molecule has 0 saturated carbocycles. The van der Waals surface area contributed by atoms with Gasteiger partial charge in [0.05, 0.1) is 0 Å². The number of likely N-dealkylation sites (tertiary alicyclic amines) is 2. The van der Waals surface area contributed by atoms with Crippen LogP contribution in [0.2, 0.25) is 0 Å². The monoisotopic (exact) mass is 441 g/mol. The SMILES string of the molecule is O=C(NC1CCN(Cc2ccc(F)c(F)c2)CC1)C(c1ccccc1)N1CCCCC1=O. The Morgan fingerprint density at radius 2 is 1.75 bits per heavy atom. The van der Waals surface area contributed by atoms with E-state index in [1.165, 1.54) is 6.07 Å². The fraction of sp³-hybridized carbons (Fsp3) is 0.440. The molecule has 1 N–H and O–H groups in total. The van der Waals surface area contributed by atoms with Crippen LogP contribution < -0.4 is 5.32 Å². The van der Waals surface area contributed by atoms with Crippen LogP contribution in [0.4, 0.5) is 8.78 Å². The predicted octanol–water partition coefficient (Wildman–Crippen LogP) is 3.80. The molecule has 2 heterocycles. The maximum absolute atomic E-state index is 13.5. The van der Waals surface area contributed by atoms with Crippen molar-refractivity contribution in [1.29, 1.82) is 0 Å². The Kier molecular flexibility index (Phi) is 7.15. The van der Waals surface area contributed by atoms with Gasteiger partial charge in [0.25, 0.3) is 0 Å². The normalized spacial score (nSPS) is 19.1. The first-order valence-electron chi connectivity index (χ1n) is 11.3. The summed E-state index contributed by atoms with van der Waals surface area (Å²) in [5, 5.41) is 3.17. The van der Waals surface area contributed by atoms with Crippen molar-refractivity contribution in [2.45, 2.75) is 50.7 Å². The summed E-state index contributed by atoms with van der Waals surface area (Å²) < 4.78 is 26.6. The minimum Gasteiger partial charge on any atom is -0.351 e. The maximum Gasteiger partial charge on any atom is 0.247 e. The van der Waals surface area contributed by atoms with E-state index in [2.05, 4.69) is 10.2 Å². The van der Waals surface area contributed by atoms with Crippen molar-refractivity contribution in [2.24, 2.45) is 0 Å². The lowest BCUT2D eigenvalue weighted by molar-refractivity contribution is -0.143. The summed E-state index contributed by atoms with van der Waals surface area (Å²) >= 11 is 0. The summed E-state index contributed by atoms with van der Waals surface area (Å²) in [4.78, 5) is 29.8. The molecule has 170 valence electrons. The van der Waals surface area contributed by atoms with Gasteiger partial charge in [-0.1, -0.05) is 36.4 Å². The number of piperidine rings is 2. The van der Waals surface area contributed by atoms with E-state index in [9.17, 15) is 18.4 Å². The predicted molar refractivity (Wildman–Crippen MR) is 118 cm³/mol. The van der Waals surface area contributed by atoms with Crippen LogP contribution in [-0.2, 0) is 16.1 Å². The number of carbonyl (C=O) groups excluding carboxylic acids is 2. The van der Waals surface area contributed by atoms with Gasteiger partial charge < -0.3 is 10.2 Å². The van der Waals surface area contributed by atoms with E-state index in [4.69, 9.17) is 0 Å². The van der Waals surface area contributed by atoms with Crippen molar-refractivity contribution in [3.63, 3.8) is 0 Å². The second-order valence-corrected chi connectivity index (χ2v) is 8.66. The first-order chi connectivity index (χ1) is 15.5. The number of benzene rings is 2. The Hall–Kier alpha value is -2.80. The average Bonchev–Trinajstić information content (AvgIpc) is 2.80. The second-order valence-electron chi connectivity index (χ2n) is 8.66. The lowest BCUT2D eigenvalue weighted by Gasteiger charge is -2.37. The molecule has 32 heavy (non-hydrogen) atoms. The molecule has 2 aliphatic heterocycles. The molecule has 2 saturated heterocycles. The van der Waals surface area contributed by atoms with Crippen LogP contribution >= 0.6 is 0 Å². The molecule has 4 rings (SSSR count). The van der Waals surface area contributed by atoms with Crippen molar-refractivity contribution < 1.29 is 18.4 Å². The standard InChI is InChI=1S/C25H29F2N3O2/c26-21-10-9-18(16-22(21)27)17-29-14-11-20(12-15-29)28-25(32)24(19-6-2-1-3-7-19)30-13-5-4-8-23(30)31/h1-3,6-7,9-10,16,20,24H,4-5,8,11-15,17H2,(H,28,32). The van der Waals surface area contributed by atoms with Gasteiger partial charge >= 0.3 is 0 Å². The van der Waals surface area contributed by atoms with E-state index in [-0.39, 0.29) is 17.9 Å². The zero-order chi connectivity index (χ0) is 22.5. The van der Waals surface area contributed by atoms with Crippen LogP contribution in [0.15, 0.2) is 48.5 Å². The van der Waals surface area contributed by atoms with Gasteiger partial charge in [-0.15, -0.1) is 0 Å². The van der Waals surface area contributed by atoms with Crippen molar-refractivity contribution >= 4 is 11.8 Å². The summed E-state index contributed by atoms with van der Waals surface area (Å²) in [7, 11) is 0. The summed E-state index contributed by atoms with van der Waals surface area (Å²) in [6, 6.07) is 12.9. The van der Waals surface area contributed by atoms with Crippen LogP contribution in [-0.4, -0.2) is 47.3 Å². The topological polar surface area (TPSA) is 52.7 Å². The number of carbonyl (C=O) groups is 2. The van der Waals surface area contributed by atoms with Gasteiger partial charge in [-0.25, -0.2) is 8.78 Å². The minimum atomic E-state index is -0.838. The van der Waals surface area contributed by atoms with Gasteiger partial charge in [-0.3, -0.25) is 14.5 Å². The van der Waals surface area contributed by atoms with Gasteiger partial charge in [0.15, 0.2) is 11.6 Å². The molecule has 0 bridgehead atoms. The third kappa shape index (κ3) is 5.33. The van der Waals surface area contributed by atoms with Crippen molar-refractivity contribution in [2.75, 3.05) is 19.6 Å². The average molecular weight is 442 g/mol. The number of amides is 2. The largest absolute Gasteiger partial charge is 0.351 e. The number of hydrogen-bond acceptors (Lipinski definition) is 3. The highest BCUT2D eigenvalue weighted by atomic mass is 19.2. The summed E-state index contributed by atoms with van der Waals surface area (Å²) in [5.41, 5.74) is 1.56. The van der Waals surface area contributed by atoms with E-state index < -0.39 is 17.7 Å². The van der Waals surface area contributed by atoms with Crippen molar-refractivity contribution in [3.8, 4) is 0 Å². The molecule has 1 atom stereocenters. The van der Waals surface area contributed by atoms with Gasteiger partial charge in [0, 0.05) is 38.6 Å². The molecule has 0 radical (unpaired) electrons. The smallest absolute Gasteiger partial charge is 0.247 e. The van der Waals surface area contributed by atoms with Crippen LogP contribution in [0.1, 0.15) is 49.3 Å². The first-order valence-corrected chi connectivity index (χ1v) is 11.3. The maximum atomic E-state index is 13.5. The fourth-order valence-corrected chi connectivity index (χ4v) is 4.62. The Labute approximate surface area is 187 Å². The number of halogens is 2. The number of hydrogen-bond donors (Lipinski definition) is 1. The van der Waals surface area contributed by atoms with E-state index in [0.717, 1.165) is 56.0 Å². The Bertz CT molecular complexity index is 945. The number of rotatable bonds is 6. The van der Waals surface area contributed by atoms with Crippen molar-refractivity contribution in [1.82, 2.24) is 15.1 Å². The van der Waals surface area contributed by atoms with Crippen LogP contribution in [0, 0.1) is 11.6 Å². The second kappa shape index (κ2) is 10.2. The number of nitrogens with zero attached hydrogens (tertiary/aromatic N) is 2. The zero-order valence-corrected chi connectivity index (χ0v) is 18.1. The molecule has 2 amide bonds. The highest BCUT2D eigenvalue weighted by molar-refractivity contribution is 5.89. The van der Waals surface area contributed by atoms with E-state index in [1.54, 1.807) is 11.0 Å². The molecular formula is C25H29F2N3O2. The summed E-state index contributed by atoms with van der Waals surface area (Å²) in [5.74, 6) is -1.77. The van der Waals surface area contributed by atoms with Gasteiger partial charge in [-0.2, -0.15) is 0 Å². The zero-order valence-electron chi connectivity index (χ0n) is 18.1. The highest BCUT2D eigenvalue weighted by Gasteiger charge is 2.34.